The average Bonchev–Trinajstić information content (AvgIpc) is 3.33. The van der Waals surface area contributed by atoms with E-state index in [1.54, 1.807) is 55.5 Å². The lowest BCUT2D eigenvalue weighted by atomic mass is 9.88. The fourth-order valence-electron chi connectivity index (χ4n) is 4.29. The normalized spacial score (nSPS) is 17.3. The molecular formula is C27H27FN2O4. The Kier molecular flexibility index (Phi) is 7.11. The van der Waals surface area contributed by atoms with Crippen molar-refractivity contribution in [3.63, 3.8) is 0 Å². The lowest BCUT2D eigenvalue weighted by Gasteiger charge is -2.18. The Morgan fingerprint density at radius 2 is 1.65 bits per heavy atom. The van der Waals surface area contributed by atoms with Crippen LogP contribution in [0.2, 0.25) is 0 Å². The van der Waals surface area contributed by atoms with Crippen molar-refractivity contribution in [3.05, 3.63) is 95.3 Å². The molecule has 34 heavy (non-hydrogen) atoms. The van der Waals surface area contributed by atoms with E-state index in [0.29, 0.717) is 24.4 Å². The predicted octanol–water partition coefficient (Wildman–Crippen LogP) is 4.02. The van der Waals surface area contributed by atoms with Gasteiger partial charge in [-0.05, 0) is 53.6 Å². The number of nitrogens with one attached hydrogen (secondary N) is 1. The van der Waals surface area contributed by atoms with Crippen LogP contribution in [0.25, 0.3) is 0 Å². The molecule has 3 aromatic carbocycles. The van der Waals surface area contributed by atoms with Gasteiger partial charge in [-0.2, -0.15) is 0 Å². The Balaban J connectivity index is 1.54. The SMILES string of the molecule is COc1ccc([C@H]2CN(C(=O)c3cccc(OC)c3)C[C@H]2C(=O)NCc2ccc(F)cc2)cc1. The van der Waals surface area contributed by atoms with E-state index in [2.05, 4.69) is 5.32 Å². The Hall–Kier alpha value is -3.87. The Morgan fingerprint density at radius 3 is 2.32 bits per heavy atom. The highest BCUT2D eigenvalue weighted by Gasteiger charge is 2.40. The molecular weight excluding hydrogens is 435 g/mol. The van der Waals surface area contributed by atoms with Crippen LogP contribution in [0.1, 0.15) is 27.4 Å². The first kappa shape index (κ1) is 23.3. The van der Waals surface area contributed by atoms with Gasteiger partial charge in [-0.25, -0.2) is 4.39 Å². The summed E-state index contributed by atoms with van der Waals surface area (Å²) in [6.07, 6.45) is 0. The van der Waals surface area contributed by atoms with Gasteiger partial charge in [0.25, 0.3) is 5.91 Å². The summed E-state index contributed by atoms with van der Waals surface area (Å²) in [7, 11) is 3.16. The molecule has 0 aliphatic carbocycles. The third-order valence-corrected chi connectivity index (χ3v) is 6.18. The van der Waals surface area contributed by atoms with Crippen molar-refractivity contribution in [2.45, 2.75) is 12.5 Å². The number of hydrogen-bond donors (Lipinski definition) is 1. The lowest BCUT2D eigenvalue weighted by molar-refractivity contribution is -0.125. The van der Waals surface area contributed by atoms with Crippen LogP contribution < -0.4 is 14.8 Å². The summed E-state index contributed by atoms with van der Waals surface area (Å²) in [5.41, 5.74) is 2.28. The molecule has 1 heterocycles. The van der Waals surface area contributed by atoms with Crippen molar-refractivity contribution < 1.29 is 23.5 Å². The van der Waals surface area contributed by atoms with Crippen LogP contribution >= 0.6 is 0 Å². The average molecular weight is 463 g/mol. The number of halogens is 1. The first-order chi connectivity index (χ1) is 16.5. The zero-order valence-electron chi connectivity index (χ0n) is 19.2. The van der Waals surface area contributed by atoms with Gasteiger partial charge in [0.1, 0.15) is 17.3 Å². The van der Waals surface area contributed by atoms with E-state index in [9.17, 15) is 14.0 Å². The number of carbonyl (C=O) groups excluding carboxylic acids is 2. The zero-order chi connectivity index (χ0) is 24.1. The summed E-state index contributed by atoms with van der Waals surface area (Å²) < 4.78 is 23.7. The van der Waals surface area contributed by atoms with E-state index < -0.39 is 5.92 Å². The van der Waals surface area contributed by atoms with E-state index in [1.807, 2.05) is 24.3 Å². The topological polar surface area (TPSA) is 67.9 Å². The van der Waals surface area contributed by atoms with Gasteiger partial charge in [0, 0.05) is 31.1 Å². The second-order valence-corrected chi connectivity index (χ2v) is 8.27. The molecule has 1 aliphatic heterocycles. The molecule has 0 bridgehead atoms. The number of likely N-dealkylation sites (tertiary alicyclic amines) is 1. The van der Waals surface area contributed by atoms with Crippen molar-refractivity contribution in [1.29, 1.82) is 0 Å². The van der Waals surface area contributed by atoms with Crippen LogP contribution in [-0.4, -0.2) is 44.0 Å². The molecule has 0 spiro atoms. The predicted molar refractivity (Wildman–Crippen MR) is 126 cm³/mol. The monoisotopic (exact) mass is 462 g/mol. The van der Waals surface area contributed by atoms with E-state index in [1.165, 1.54) is 12.1 Å². The molecule has 1 fully saturated rings. The fourth-order valence-corrected chi connectivity index (χ4v) is 4.29. The minimum absolute atomic E-state index is 0.147. The van der Waals surface area contributed by atoms with Gasteiger partial charge in [0.2, 0.25) is 5.91 Å². The summed E-state index contributed by atoms with van der Waals surface area (Å²) in [6.45, 7) is 0.994. The summed E-state index contributed by atoms with van der Waals surface area (Å²) in [5, 5.41) is 2.96. The van der Waals surface area contributed by atoms with Crippen LogP contribution in [-0.2, 0) is 11.3 Å². The minimum atomic E-state index is -0.427. The molecule has 0 unspecified atom stereocenters. The third kappa shape index (κ3) is 5.20. The second-order valence-electron chi connectivity index (χ2n) is 8.27. The second kappa shape index (κ2) is 10.4. The van der Waals surface area contributed by atoms with Gasteiger partial charge >= 0.3 is 0 Å². The number of nitrogens with zero attached hydrogens (tertiary/aromatic N) is 1. The van der Waals surface area contributed by atoms with Gasteiger partial charge < -0.3 is 19.7 Å². The van der Waals surface area contributed by atoms with Crippen LogP contribution in [0.4, 0.5) is 4.39 Å². The molecule has 0 radical (unpaired) electrons. The number of hydrogen-bond acceptors (Lipinski definition) is 4. The highest BCUT2D eigenvalue weighted by Crippen LogP contribution is 2.35. The quantitative estimate of drug-likeness (QED) is 0.576. The lowest BCUT2D eigenvalue weighted by Crippen LogP contribution is -2.35. The standard InChI is InChI=1S/C27H27FN2O4/c1-33-22-12-8-19(9-13-22)24-16-30(27(32)20-4-3-5-23(14-20)34-2)17-25(24)26(31)29-15-18-6-10-21(28)11-7-18/h3-14,24-25H,15-17H2,1-2H3,(H,29,31)/t24-,25-/m1/s1. The Labute approximate surface area is 198 Å². The van der Waals surface area contributed by atoms with Crippen molar-refractivity contribution in [1.82, 2.24) is 10.2 Å². The van der Waals surface area contributed by atoms with Gasteiger partial charge in [0.05, 0.1) is 20.1 Å². The van der Waals surface area contributed by atoms with Crippen molar-refractivity contribution in [2.75, 3.05) is 27.3 Å². The molecule has 1 N–H and O–H groups in total. The Morgan fingerprint density at radius 1 is 0.941 bits per heavy atom. The highest BCUT2D eigenvalue weighted by atomic mass is 19.1. The molecule has 0 aromatic heterocycles. The molecule has 6 nitrogen and oxygen atoms in total. The summed E-state index contributed by atoms with van der Waals surface area (Å²) in [4.78, 5) is 28.2. The maximum Gasteiger partial charge on any atom is 0.254 e. The third-order valence-electron chi connectivity index (χ3n) is 6.18. The maximum atomic E-state index is 13.3. The molecule has 3 aromatic rings. The highest BCUT2D eigenvalue weighted by molar-refractivity contribution is 5.95. The van der Waals surface area contributed by atoms with Gasteiger partial charge in [0.15, 0.2) is 0 Å². The molecule has 2 amide bonds. The number of carbonyl (C=O) groups is 2. The van der Waals surface area contributed by atoms with Crippen LogP contribution in [0.5, 0.6) is 11.5 Å². The molecule has 0 saturated carbocycles. The molecule has 1 aliphatic rings. The minimum Gasteiger partial charge on any atom is -0.497 e. The zero-order valence-corrected chi connectivity index (χ0v) is 19.2. The van der Waals surface area contributed by atoms with Crippen molar-refractivity contribution in [2.24, 2.45) is 5.92 Å². The van der Waals surface area contributed by atoms with Gasteiger partial charge in [-0.3, -0.25) is 9.59 Å². The smallest absolute Gasteiger partial charge is 0.254 e. The number of amides is 2. The van der Waals surface area contributed by atoms with E-state index in [4.69, 9.17) is 9.47 Å². The number of rotatable bonds is 7. The molecule has 1 saturated heterocycles. The van der Waals surface area contributed by atoms with Gasteiger partial charge in [-0.15, -0.1) is 0 Å². The molecule has 7 heteroatoms. The number of ether oxygens (including phenoxy) is 2. The Bertz CT molecular complexity index is 1150. The van der Waals surface area contributed by atoms with Crippen LogP contribution in [0, 0.1) is 11.7 Å². The molecule has 2 atom stereocenters. The molecule has 176 valence electrons. The summed E-state index contributed by atoms with van der Waals surface area (Å²) in [6, 6.07) is 20.6. The van der Waals surface area contributed by atoms with E-state index in [0.717, 1.165) is 16.9 Å². The van der Waals surface area contributed by atoms with Crippen molar-refractivity contribution in [3.8, 4) is 11.5 Å². The largest absolute Gasteiger partial charge is 0.497 e. The first-order valence-electron chi connectivity index (χ1n) is 11.1. The van der Waals surface area contributed by atoms with E-state index in [-0.39, 0.29) is 30.1 Å². The first-order valence-corrected chi connectivity index (χ1v) is 11.1. The molecule has 4 rings (SSSR count). The number of methoxy groups -OCH3 is 2. The van der Waals surface area contributed by atoms with Crippen LogP contribution in [0.3, 0.4) is 0 Å². The van der Waals surface area contributed by atoms with Gasteiger partial charge in [-0.1, -0.05) is 30.3 Å². The van der Waals surface area contributed by atoms with E-state index >= 15 is 0 Å². The van der Waals surface area contributed by atoms with Crippen LogP contribution in [0.15, 0.2) is 72.8 Å². The summed E-state index contributed by atoms with van der Waals surface area (Å²) >= 11 is 0. The number of benzene rings is 3. The fraction of sp³-hybridized carbons (Fsp3) is 0.259. The maximum absolute atomic E-state index is 13.3. The van der Waals surface area contributed by atoms with Crippen molar-refractivity contribution >= 4 is 11.8 Å². The summed E-state index contributed by atoms with van der Waals surface area (Å²) in [5.74, 6) is 0.111.